The number of aromatic nitrogens is 2. The van der Waals surface area contributed by atoms with Crippen LogP contribution in [-0.4, -0.2) is 30.1 Å². The third-order valence-corrected chi connectivity index (χ3v) is 4.05. The Bertz CT molecular complexity index is 547. The van der Waals surface area contributed by atoms with Crippen molar-refractivity contribution in [3.8, 4) is 0 Å². The molecular formula is C12H18N4S. The Morgan fingerprint density at radius 3 is 2.59 bits per heavy atom. The molecule has 0 aliphatic heterocycles. The molecule has 92 valence electrons. The predicted molar refractivity (Wildman–Crippen MR) is 74.0 cm³/mol. The van der Waals surface area contributed by atoms with Gasteiger partial charge in [-0.3, -0.25) is 0 Å². The van der Waals surface area contributed by atoms with E-state index >= 15 is 0 Å². The van der Waals surface area contributed by atoms with Crippen LogP contribution < -0.4 is 10.6 Å². The molecule has 0 saturated heterocycles. The third-order valence-electron chi connectivity index (χ3n) is 2.95. The molecule has 0 spiro atoms. The summed E-state index contributed by atoms with van der Waals surface area (Å²) in [6.07, 6.45) is 0. The van der Waals surface area contributed by atoms with Crippen molar-refractivity contribution >= 4 is 27.4 Å². The molecule has 0 radical (unpaired) electrons. The SMILES string of the molecule is Cc1nc(N(C)CCN)c2c(C)c(C)sc2n1. The summed E-state index contributed by atoms with van der Waals surface area (Å²) >= 11 is 1.73. The molecule has 0 fully saturated rings. The first-order valence-electron chi connectivity index (χ1n) is 5.70. The van der Waals surface area contributed by atoms with Gasteiger partial charge in [-0.15, -0.1) is 11.3 Å². The quantitative estimate of drug-likeness (QED) is 0.905. The Hall–Kier alpha value is -1.20. The van der Waals surface area contributed by atoms with Crippen molar-refractivity contribution < 1.29 is 0 Å². The van der Waals surface area contributed by atoms with Crippen molar-refractivity contribution in [1.29, 1.82) is 0 Å². The molecule has 0 aliphatic rings. The standard InChI is InChI=1S/C12H18N4S/c1-7-8(2)17-12-10(7)11(14-9(3)15-12)16(4)6-5-13/h5-6,13H2,1-4H3. The van der Waals surface area contributed by atoms with Gasteiger partial charge in [0.15, 0.2) is 0 Å². The smallest absolute Gasteiger partial charge is 0.141 e. The highest BCUT2D eigenvalue weighted by Crippen LogP contribution is 2.34. The van der Waals surface area contributed by atoms with Crippen LogP contribution in [0.4, 0.5) is 5.82 Å². The van der Waals surface area contributed by atoms with E-state index in [0.29, 0.717) is 6.54 Å². The van der Waals surface area contributed by atoms with Gasteiger partial charge in [0, 0.05) is 25.0 Å². The minimum Gasteiger partial charge on any atom is -0.358 e. The maximum absolute atomic E-state index is 5.61. The second-order valence-corrected chi connectivity index (χ2v) is 5.47. The fourth-order valence-corrected chi connectivity index (χ4v) is 2.98. The Morgan fingerprint density at radius 1 is 1.24 bits per heavy atom. The molecule has 0 bridgehead atoms. The lowest BCUT2D eigenvalue weighted by molar-refractivity contribution is 0.865. The molecule has 4 nitrogen and oxygen atoms in total. The first-order chi connectivity index (χ1) is 8.04. The van der Waals surface area contributed by atoms with Crippen LogP contribution in [0.2, 0.25) is 0 Å². The van der Waals surface area contributed by atoms with Crippen LogP contribution >= 0.6 is 11.3 Å². The average molecular weight is 250 g/mol. The maximum Gasteiger partial charge on any atom is 0.141 e. The monoisotopic (exact) mass is 250 g/mol. The van der Waals surface area contributed by atoms with Gasteiger partial charge < -0.3 is 10.6 Å². The number of nitrogens with two attached hydrogens (primary N) is 1. The zero-order chi connectivity index (χ0) is 12.6. The van der Waals surface area contributed by atoms with E-state index in [4.69, 9.17) is 5.73 Å². The van der Waals surface area contributed by atoms with Crippen molar-refractivity contribution in [2.75, 3.05) is 25.0 Å². The number of aryl methyl sites for hydroxylation is 3. The zero-order valence-electron chi connectivity index (χ0n) is 10.7. The lowest BCUT2D eigenvalue weighted by atomic mass is 10.2. The van der Waals surface area contributed by atoms with Crippen molar-refractivity contribution in [2.45, 2.75) is 20.8 Å². The maximum atomic E-state index is 5.61. The Morgan fingerprint density at radius 2 is 1.94 bits per heavy atom. The summed E-state index contributed by atoms with van der Waals surface area (Å²) in [4.78, 5) is 13.6. The minimum atomic E-state index is 0.628. The second-order valence-electron chi connectivity index (χ2n) is 4.27. The van der Waals surface area contributed by atoms with Gasteiger partial charge in [-0.05, 0) is 26.3 Å². The first-order valence-corrected chi connectivity index (χ1v) is 6.51. The molecule has 17 heavy (non-hydrogen) atoms. The molecule has 2 aromatic heterocycles. The lowest BCUT2D eigenvalue weighted by Gasteiger charge is -2.18. The summed E-state index contributed by atoms with van der Waals surface area (Å²) in [5.74, 6) is 1.82. The van der Waals surface area contributed by atoms with Crippen molar-refractivity contribution in [1.82, 2.24) is 9.97 Å². The van der Waals surface area contributed by atoms with Crippen LogP contribution in [-0.2, 0) is 0 Å². The van der Waals surface area contributed by atoms with Crippen LogP contribution in [0, 0.1) is 20.8 Å². The summed E-state index contributed by atoms with van der Waals surface area (Å²) in [5.41, 5.74) is 6.89. The van der Waals surface area contributed by atoms with E-state index in [1.165, 1.54) is 15.8 Å². The van der Waals surface area contributed by atoms with E-state index in [0.717, 1.165) is 23.0 Å². The van der Waals surface area contributed by atoms with Gasteiger partial charge in [0.05, 0.1) is 5.39 Å². The number of anilines is 1. The van der Waals surface area contributed by atoms with Gasteiger partial charge in [0.2, 0.25) is 0 Å². The van der Waals surface area contributed by atoms with Gasteiger partial charge in [-0.1, -0.05) is 0 Å². The summed E-state index contributed by atoms with van der Waals surface area (Å²) in [6.45, 7) is 7.63. The molecule has 2 heterocycles. The van der Waals surface area contributed by atoms with Crippen LogP contribution in [0.25, 0.3) is 10.2 Å². The Labute approximate surface area is 105 Å². The Kier molecular flexibility index (Phi) is 3.31. The van der Waals surface area contributed by atoms with Crippen molar-refractivity contribution in [3.63, 3.8) is 0 Å². The molecule has 0 aliphatic carbocycles. The number of hydrogen-bond acceptors (Lipinski definition) is 5. The predicted octanol–water partition coefficient (Wildman–Crippen LogP) is 2.01. The number of hydrogen-bond donors (Lipinski definition) is 1. The fraction of sp³-hybridized carbons (Fsp3) is 0.500. The van der Waals surface area contributed by atoms with Crippen molar-refractivity contribution in [2.24, 2.45) is 5.73 Å². The topological polar surface area (TPSA) is 55.0 Å². The summed E-state index contributed by atoms with van der Waals surface area (Å²) in [7, 11) is 2.03. The average Bonchev–Trinajstić information content (AvgIpc) is 2.54. The number of likely N-dealkylation sites (N-methyl/N-ethyl adjacent to an activating group) is 1. The van der Waals surface area contributed by atoms with E-state index in [2.05, 4.69) is 28.7 Å². The van der Waals surface area contributed by atoms with Crippen molar-refractivity contribution in [3.05, 3.63) is 16.3 Å². The summed E-state index contributed by atoms with van der Waals surface area (Å²) in [6, 6.07) is 0. The fourth-order valence-electron chi connectivity index (χ4n) is 1.91. The molecule has 5 heteroatoms. The lowest BCUT2D eigenvalue weighted by Crippen LogP contribution is -2.26. The molecular weight excluding hydrogens is 232 g/mol. The molecule has 2 aromatic rings. The number of nitrogens with zero attached hydrogens (tertiary/aromatic N) is 3. The van der Waals surface area contributed by atoms with Crippen LogP contribution in [0.15, 0.2) is 0 Å². The molecule has 2 N–H and O–H groups in total. The summed E-state index contributed by atoms with van der Waals surface area (Å²) in [5, 5.41) is 1.18. The third kappa shape index (κ3) is 2.12. The Balaban J connectivity index is 2.67. The molecule has 2 rings (SSSR count). The van der Waals surface area contributed by atoms with E-state index in [-0.39, 0.29) is 0 Å². The van der Waals surface area contributed by atoms with Gasteiger partial charge >= 0.3 is 0 Å². The van der Waals surface area contributed by atoms with Gasteiger partial charge in [0.25, 0.3) is 0 Å². The number of fused-ring (bicyclic) bond motifs is 1. The highest BCUT2D eigenvalue weighted by Gasteiger charge is 2.15. The second kappa shape index (κ2) is 4.58. The minimum absolute atomic E-state index is 0.628. The first kappa shape index (κ1) is 12.3. The van der Waals surface area contributed by atoms with Gasteiger partial charge in [0.1, 0.15) is 16.5 Å². The van der Waals surface area contributed by atoms with Gasteiger partial charge in [-0.25, -0.2) is 9.97 Å². The highest BCUT2D eigenvalue weighted by atomic mass is 32.1. The summed E-state index contributed by atoms with van der Waals surface area (Å²) < 4.78 is 0. The molecule has 0 atom stereocenters. The van der Waals surface area contributed by atoms with E-state index in [1.807, 2.05) is 14.0 Å². The van der Waals surface area contributed by atoms with Crippen LogP contribution in [0.5, 0.6) is 0 Å². The normalized spacial score (nSPS) is 11.1. The van der Waals surface area contributed by atoms with E-state index < -0.39 is 0 Å². The van der Waals surface area contributed by atoms with Crippen LogP contribution in [0.1, 0.15) is 16.3 Å². The highest BCUT2D eigenvalue weighted by molar-refractivity contribution is 7.18. The number of thiophene rings is 1. The number of rotatable bonds is 3. The molecule has 0 saturated carbocycles. The largest absolute Gasteiger partial charge is 0.358 e. The van der Waals surface area contributed by atoms with Crippen LogP contribution in [0.3, 0.4) is 0 Å². The van der Waals surface area contributed by atoms with Gasteiger partial charge in [-0.2, -0.15) is 0 Å². The molecule has 0 aromatic carbocycles. The molecule has 0 unspecified atom stereocenters. The van der Waals surface area contributed by atoms with E-state index in [1.54, 1.807) is 11.3 Å². The zero-order valence-corrected chi connectivity index (χ0v) is 11.6. The van der Waals surface area contributed by atoms with E-state index in [9.17, 15) is 0 Å². The molecule has 0 amide bonds.